The molecule has 0 saturated carbocycles. The monoisotopic (exact) mass is 374 g/mol. The van der Waals surface area contributed by atoms with E-state index in [1.165, 1.54) is 5.57 Å². The maximum atomic E-state index is 12.8. The summed E-state index contributed by atoms with van der Waals surface area (Å²) in [6, 6.07) is 17.5. The second-order valence-corrected chi connectivity index (χ2v) is 7.19. The van der Waals surface area contributed by atoms with Gasteiger partial charge in [-0.2, -0.15) is 5.26 Å². The number of hydrogen-bond acceptors (Lipinski definition) is 4. The van der Waals surface area contributed by atoms with Crippen LogP contribution in [0.2, 0.25) is 0 Å². The van der Waals surface area contributed by atoms with Crippen LogP contribution in [0.3, 0.4) is 0 Å². The third kappa shape index (κ3) is 3.51. The van der Waals surface area contributed by atoms with Crippen molar-refractivity contribution in [3.05, 3.63) is 76.9 Å². The van der Waals surface area contributed by atoms with Gasteiger partial charge in [-0.1, -0.05) is 48.5 Å². The van der Waals surface area contributed by atoms with Gasteiger partial charge in [0.1, 0.15) is 6.61 Å². The van der Waals surface area contributed by atoms with Crippen molar-refractivity contribution in [1.29, 1.82) is 5.26 Å². The van der Waals surface area contributed by atoms with Gasteiger partial charge in [0.25, 0.3) is 0 Å². The Morgan fingerprint density at radius 3 is 2.79 bits per heavy atom. The lowest BCUT2D eigenvalue weighted by Gasteiger charge is -2.44. The van der Waals surface area contributed by atoms with Crippen LogP contribution >= 0.6 is 0 Å². The van der Waals surface area contributed by atoms with Gasteiger partial charge in [0.15, 0.2) is 0 Å². The average Bonchev–Trinajstić information content (AvgIpc) is 2.72. The number of nitrogens with zero attached hydrogens (tertiary/aromatic N) is 2. The van der Waals surface area contributed by atoms with E-state index in [9.17, 15) is 10.1 Å². The van der Waals surface area contributed by atoms with E-state index in [0.717, 1.165) is 16.7 Å². The minimum atomic E-state index is -0.306. The van der Waals surface area contributed by atoms with E-state index < -0.39 is 0 Å². The molecular formula is C23H22N2O3. The highest BCUT2D eigenvalue weighted by molar-refractivity contribution is 5.76. The molecule has 0 radical (unpaired) electrons. The van der Waals surface area contributed by atoms with Crippen molar-refractivity contribution >= 4 is 11.7 Å². The van der Waals surface area contributed by atoms with Crippen molar-refractivity contribution in [2.24, 2.45) is 0 Å². The largest absolute Gasteiger partial charge is 0.445 e. The van der Waals surface area contributed by atoms with Crippen LogP contribution in [0.25, 0.3) is 5.57 Å². The predicted molar refractivity (Wildman–Crippen MR) is 105 cm³/mol. The van der Waals surface area contributed by atoms with Gasteiger partial charge in [-0.3, -0.25) is 4.90 Å². The Morgan fingerprint density at radius 1 is 1.21 bits per heavy atom. The first kappa shape index (κ1) is 18.3. The molecule has 0 N–H and O–H groups in total. The molecule has 5 heteroatoms. The summed E-state index contributed by atoms with van der Waals surface area (Å²) < 4.78 is 11.3. The summed E-state index contributed by atoms with van der Waals surface area (Å²) in [6.45, 7) is 3.18. The van der Waals surface area contributed by atoms with E-state index >= 15 is 0 Å². The zero-order chi connectivity index (χ0) is 19.5. The lowest BCUT2D eigenvalue weighted by atomic mass is 9.87. The highest BCUT2D eigenvalue weighted by atomic mass is 16.6. The highest BCUT2D eigenvalue weighted by Crippen LogP contribution is 2.34. The van der Waals surface area contributed by atoms with Gasteiger partial charge in [0.05, 0.1) is 36.9 Å². The molecular weight excluding hydrogens is 352 g/mol. The number of ether oxygens (including phenoxy) is 2. The molecule has 1 amide bonds. The number of morpholine rings is 1. The number of carbonyl (C=O) groups excluding carboxylic acids is 1. The Morgan fingerprint density at radius 2 is 2.04 bits per heavy atom. The standard InChI is InChI=1S/C23H22N2O3/c1-16-18(12-24)8-5-9-22(16)19-10-20-14-27-15-21(11-19)25(20)23(26)28-13-17-6-3-2-4-7-17/h2-10,20-21H,11,13-15H2,1H3. The quantitative estimate of drug-likeness (QED) is 0.813. The van der Waals surface area contributed by atoms with E-state index in [-0.39, 0.29) is 24.8 Å². The summed E-state index contributed by atoms with van der Waals surface area (Å²) in [5, 5.41) is 9.31. The summed E-state index contributed by atoms with van der Waals surface area (Å²) in [6.07, 6.45) is 2.47. The van der Waals surface area contributed by atoms with Crippen molar-refractivity contribution in [1.82, 2.24) is 4.90 Å². The zero-order valence-corrected chi connectivity index (χ0v) is 15.8. The van der Waals surface area contributed by atoms with Crippen molar-refractivity contribution in [3.8, 4) is 6.07 Å². The zero-order valence-electron chi connectivity index (χ0n) is 15.8. The Labute approximate surface area is 164 Å². The van der Waals surface area contributed by atoms with Crippen LogP contribution in [0.1, 0.15) is 28.7 Å². The summed E-state index contributed by atoms with van der Waals surface area (Å²) >= 11 is 0. The molecule has 2 atom stereocenters. The van der Waals surface area contributed by atoms with Gasteiger partial charge in [0.2, 0.25) is 0 Å². The molecule has 2 bridgehead atoms. The van der Waals surface area contributed by atoms with Crippen molar-refractivity contribution in [2.45, 2.75) is 32.0 Å². The van der Waals surface area contributed by atoms with Crippen LogP contribution in [-0.4, -0.2) is 36.3 Å². The van der Waals surface area contributed by atoms with E-state index in [1.54, 1.807) is 4.90 Å². The number of fused-ring (bicyclic) bond motifs is 2. The molecule has 2 heterocycles. The molecule has 2 aliphatic heterocycles. The van der Waals surface area contributed by atoms with Gasteiger partial charge in [-0.25, -0.2) is 4.79 Å². The second kappa shape index (κ2) is 7.87. The normalized spacial score (nSPS) is 20.9. The smallest absolute Gasteiger partial charge is 0.411 e. The molecule has 4 rings (SSSR count). The molecule has 0 spiro atoms. The summed E-state index contributed by atoms with van der Waals surface area (Å²) in [5.41, 5.74) is 4.88. The molecule has 1 fully saturated rings. The number of hydrogen-bond donors (Lipinski definition) is 0. The number of carbonyl (C=O) groups is 1. The van der Waals surface area contributed by atoms with Gasteiger partial charge in [0, 0.05) is 0 Å². The molecule has 1 saturated heterocycles. The molecule has 5 nitrogen and oxygen atoms in total. The maximum absolute atomic E-state index is 12.8. The van der Waals surface area contributed by atoms with Crippen LogP contribution < -0.4 is 0 Å². The van der Waals surface area contributed by atoms with Gasteiger partial charge in [-0.15, -0.1) is 0 Å². The molecule has 0 aromatic heterocycles. The molecule has 2 aliphatic rings. The fraction of sp³-hybridized carbons (Fsp3) is 0.304. The summed E-state index contributed by atoms with van der Waals surface area (Å²) in [7, 11) is 0. The van der Waals surface area contributed by atoms with Crippen LogP contribution in [-0.2, 0) is 16.1 Å². The van der Waals surface area contributed by atoms with E-state index in [0.29, 0.717) is 25.2 Å². The first-order valence-electron chi connectivity index (χ1n) is 9.45. The van der Waals surface area contributed by atoms with Crippen molar-refractivity contribution in [3.63, 3.8) is 0 Å². The number of nitriles is 1. The third-order valence-electron chi connectivity index (χ3n) is 5.41. The fourth-order valence-corrected chi connectivity index (χ4v) is 3.98. The van der Waals surface area contributed by atoms with E-state index in [2.05, 4.69) is 12.1 Å². The van der Waals surface area contributed by atoms with Crippen molar-refractivity contribution in [2.75, 3.05) is 13.2 Å². The minimum Gasteiger partial charge on any atom is -0.445 e. The molecule has 2 aromatic rings. The average molecular weight is 374 g/mol. The Hall–Kier alpha value is -3.10. The molecule has 2 aromatic carbocycles. The molecule has 28 heavy (non-hydrogen) atoms. The van der Waals surface area contributed by atoms with Crippen molar-refractivity contribution < 1.29 is 14.3 Å². The van der Waals surface area contributed by atoms with Crippen LogP contribution in [0.15, 0.2) is 54.6 Å². The lowest BCUT2D eigenvalue weighted by Crippen LogP contribution is -2.56. The number of rotatable bonds is 3. The maximum Gasteiger partial charge on any atom is 0.411 e. The molecule has 2 unspecified atom stereocenters. The fourth-order valence-electron chi connectivity index (χ4n) is 3.98. The molecule has 0 aliphatic carbocycles. The molecule has 142 valence electrons. The predicted octanol–water partition coefficient (Wildman–Crippen LogP) is 4.06. The topological polar surface area (TPSA) is 62.6 Å². The Bertz CT molecular complexity index is 946. The SMILES string of the molecule is Cc1c(C#N)cccc1C1=CC2COCC(C1)N2C(=O)OCc1ccccc1. The van der Waals surface area contributed by atoms with Crippen LogP contribution in [0.4, 0.5) is 4.79 Å². The summed E-state index contributed by atoms with van der Waals surface area (Å²) in [5.74, 6) is 0. The second-order valence-electron chi connectivity index (χ2n) is 7.19. The van der Waals surface area contributed by atoms with Gasteiger partial charge < -0.3 is 9.47 Å². The van der Waals surface area contributed by atoms with Crippen LogP contribution in [0, 0.1) is 18.3 Å². The number of benzene rings is 2. The third-order valence-corrected chi connectivity index (χ3v) is 5.41. The summed E-state index contributed by atoms with van der Waals surface area (Å²) in [4.78, 5) is 14.6. The Balaban J connectivity index is 1.55. The van der Waals surface area contributed by atoms with Gasteiger partial charge in [-0.05, 0) is 41.7 Å². The first-order chi connectivity index (χ1) is 13.7. The lowest BCUT2D eigenvalue weighted by molar-refractivity contribution is -0.0342. The highest BCUT2D eigenvalue weighted by Gasteiger charge is 2.39. The van der Waals surface area contributed by atoms with Crippen LogP contribution in [0.5, 0.6) is 0 Å². The number of amides is 1. The van der Waals surface area contributed by atoms with Gasteiger partial charge >= 0.3 is 6.09 Å². The first-order valence-corrected chi connectivity index (χ1v) is 9.45. The van der Waals surface area contributed by atoms with E-state index in [4.69, 9.17) is 9.47 Å². The minimum absolute atomic E-state index is 0.0628. The Kier molecular flexibility index (Phi) is 5.14. The van der Waals surface area contributed by atoms with E-state index in [1.807, 2.05) is 55.5 Å².